The van der Waals surface area contributed by atoms with Gasteiger partial charge in [-0.2, -0.15) is 0 Å². The highest BCUT2D eigenvalue weighted by Crippen LogP contribution is 2.28. The van der Waals surface area contributed by atoms with Gasteiger partial charge in [0.25, 0.3) is 0 Å². The zero-order chi connectivity index (χ0) is 14.7. The van der Waals surface area contributed by atoms with Gasteiger partial charge in [-0.25, -0.2) is 0 Å². The Bertz CT molecular complexity index is 456. The molecule has 0 aliphatic heterocycles. The van der Waals surface area contributed by atoms with E-state index in [2.05, 4.69) is 32.8 Å². The maximum absolute atomic E-state index is 9.61. The molecule has 0 fully saturated rings. The van der Waals surface area contributed by atoms with E-state index in [0.717, 1.165) is 11.6 Å². The molecule has 5 heteroatoms. The van der Waals surface area contributed by atoms with Crippen molar-refractivity contribution < 1.29 is 14.0 Å². The van der Waals surface area contributed by atoms with E-state index in [-0.39, 0.29) is 5.75 Å². The molecule has 0 aliphatic carbocycles. The second-order valence-corrected chi connectivity index (χ2v) is 14.2. The molecular weight excluding hydrogens is 272 g/mol. The predicted octanol–water partition coefficient (Wildman–Crippen LogP) is 3.63. The molecule has 0 radical (unpaired) electrons. The minimum atomic E-state index is -1.80. The fourth-order valence-electron chi connectivity index (χ4n) is 2.11. The van der Waals surface area contributed by atoms with Crippen LogP contribution in [0.25, 0.3) is 0 Å². The minimum Gasteiger partial charge on any atom is -0.504 e. The van der Waals surface area contributed by atoms with Crippen molar-refractivity contribution >= 4 is 16.6 Å². The van der Waals surface area contributed by atoms with Crippen LogP contribution >= 0.6 is 0 Å². The lowest BCUT2D eigenvalue weighted by molar-refractivity contribution is 0.373. The summed E-state index contributed by atoms with van der Waals surface area (Å²) in [4.78, 5) is 0. The monoisotopic (exact) mass is 296 g/mol. The molecule has 0 heterocycles. The Hall–Kier alpha value is -1.05. The van der Waals surface area contributed by atoms with Crippen LogP contribution in [0.15, 0.2) is 30.5 Å². The fraction of sp³-hybridized carbons (Fsp3) is 0.429. The molecule has 0 saturated heterocycles. The van der Waals surface area contributed by atoms with Crippen molar-refractivity contribution in [3.8, 4) is 11.5 Å². The third-order valence-corrected chi connectivity index (χ3v) is 9.46. The van der Waals surface area contributed by atoms with Crippen molar-refractivity contribution in [2.24, 2.45) is 0 Å². The van der Waals surface area contributed by atoms with Gasteiger partial charge in [-0.05, 0) is 49.9 Å². The Morgan fingerprint density at radius 3 is 2.42 bits per heavy atom. The Morgan fingerprint density at radius 1 is 1.26 bits per heavy atom. The summed E-state index contributed by atoms with van der Waals surface area (Å²) in [7, 11) is -1.99. The summed E-state index contributed by atoms with van der Waals surface area (Å²) in [6.07, 6.45) is 0. The summed E-state index contributed by atoms with van der Waals surface area (Å²) in [5.74, 6) is 0.690. The average Bonchev–Trinajstić information content (AvgIpc) is 2.30. The average molecular weight is 297 g/mol. The van der Waals surface area contributed by atoms with Crippen LogP contribution in [0.2, 0.25) is 26.2 Å². The molecule has 0 unspecified atom stereocenters. The molecule has 1 rings (SSSR count). The molecular formula is C14H24O3Si2. The Kier molecular flexibility index (Phi) is 5.00. The van der Waals surface area contributed by atoms with Gasteiger partial charge >= 0.3 is 0 Å². The van der Waals surface area contributed by atoms with E-state index < -0.39 is 16.6 Å². The first-order chi connectivity index (χ1) is 8.69. The molecule has 0 atom stereocenters. The van der Waals surface area contributed by atoms with Gasteiger partial charge in [0.2, 0.25) is 0 Å². The Balaban J connectivity index is 2.86. The number of phenols is 1. The first-order valence-electron chi connectivity index (χ1n) is 6.39. The lowest BCUT2D eigenvalue weighted by Crippen LogP contribution is -2.45. The number of methoxy groups -OCH3 is 1. The van der Waals surface area contributed by atoms with Gasteiger partial charge in [0.1, 0.15) is 0 Å². The van der Waals surface area contributed by atoms with Crippen LogP contribution in [0.4, 0.5) is 0 Å². The number of benzene rings is 1. The van der Waals surface area contributed by atoms with E-state index >= 15 is 0 Å². The zero-order valence-corrected chi connectivity index (χ0v) is 14.5. The maximum Gasteiger partial charge on any atom is 0.198 e. The first kappa shape index (κ1) is 16.0. The van der Waals surface area contributed by atoms with E-state index in [1.54, 1.807) is 13.2 Å². The van der Waals surface area contributed by atoms with Crippen LogP contribution in [-0.2, 0) is 10.2 Å². The summed E-state index contributed by atoms with van der Waals surface area (Å²) < 4.78 is 11.5. The van der Waals surface area contributed by atoms with Crippen LogP contribution in [0.5, 0.6) is 11.5 Å². The molecule has 0 spiro atoms. The summed E-state index contributed by atoms with van der Waals surface area (Å²) in [6.45, 7) is 12.6. The number of hydrogen-bond donors (Lipinski definition) is 1. The standard InChI is InChI=1S/C14H24O3Si2/c1-7-18(3,4)17-19(5,6)11-12-8-9-13(15)14(10-12)16-2/h7-10,15H,1,11H2,2-6H3. The summed E-state index contributed by atoms with van der Waals surface area (Å²) >= 11 is 0. The van der Waals surface area contributed by atoms with Crippen LogP contribution < -0.4 is 4.74 Å². The molecule has 3 nitrogen and oxygen atoms in total. The van der Waals surface area contributed by atoms with E-state index in [1.165, 1.54) is 0 Å². The molecule has 1 aromatic rings. The van der Waals surface area contributed by atoms with Crippen LogP contribution in [0.3, 0.4) is 0 Å². The molecule has 0 amide bonds. The molecule has 19 heavy (non-hydrogen) atoms. The van der Waals surface area contributed by atoms with Gasteiger partial charge < -0.3 is 14.0 Å². The number of hydrogen-bond acceptors (Lipinski definition) is 3. The number of ether oxygens (including phenoxy) is 1. The summed E-state index contributed by atoms with van der Waals surface area (Å²) in [5, 5.41) is 9.61. The van der Waals surface area contributed by atoms with E-state index in [0.29, 0.717) is 5.75 Å². The first-order valence-corrected chi connectivity index (χ1v) is 12.5. The van der Waals surface area contributed by atoms with Gasteiger partial charge in [0.05, 0.1) is 7.11 Å². The van der Waals surface area contributed by atoms with Crippen molar-refractivity contribution in [3.63, 3.8) is 0 Å². The van der Waals surface area contributed by atoms with E-state index in [9.17, 15) is 5.11 Å². The molecule has 1 aromatic carbocycles. The highest BCUT2D eigenvalue weighted by molar-refractivity contribution is 6.87. The van der Waals surface area contributed by atoms with Crippen LogP contribution in [0, 0.1) is 0 Å². The number of phenolic OH excluding ortho intramolecular Hbond substituents is 1. The summed E-state index contributed by atoms with van der Waals surface area (Å²) in [6, 6.07) is 6.39. The van der Waals surface area contributed by atoms with Crippen LogP contribution in [-0.4, -0.2) is 28.9 Å². The highest BCUT2D eigenvalue weighted by atomic mass is 28.4. The van der Waals surface area contributed by atoms with Crippen molar-refractivity contribution in [2.75, 3.05) is 7.11 Å². The van der Waals surface area contributed by atoms with Gasteiger partial charge in [-0.15, -0.1) is 6.58 Å². The topological polar surface area (TPSA) is 38.7 Å². The molecule has 106 valence electrons. The second-order valence-electron chi connectivity index (χ2n) is 5.85. The van der Waals surface area contributed by atoms with Gasteiger partial charge in [-0.3, -0.25) is 0 Å². The Labute approximate surface area is 118 Å². The molecule has 0 saturated carbocycles. The highest BCUT2D eigenvalue weighted by Gasteiger charge is 2.31. The quantitative estimate of drug-likeness (QED) is 0.815. The lowest BCUT2D eigenvalue weighted by Gasteiger charge is -2.32. The predicted molar refractivity (Wildman–Crippen MR) is 84.6 cm³/mol. The Morgan fingerprint density at radius 2 is 1.89 bits per heavy atom. The normalized spacial score (nSPS) is 12.3. The summed E-state index contributed by atoms with van der Waals surface area (Å²) in [5.41, 5.74) is 3.11. The van der Waals surface area contributed by atoms with Gasteiger partial charge in [0.15, 0.2) is 28.1 Å². The molecule has 1 N–H and O–H groups in total. The fourth-order valence-corrected chi connectivity index (χ4v) is 9.64. The molecule has 0 bridgehead atoms. The minimum absolute atomic E-state index is 0.174. The van der Waals surface area contributed by atoms with E-state index in [4.69, 9.17) is 8.85 Å². The van der Waals surface area contributed by atoms with Gasteiger partial charge in [-0.1, -0.05) is 11.8 Å². The maximum atomic E-state index is 9.61. The lowest BCUT2D eigenvalue weighted by atomic mass is 10.2. The number of aromatic hydroxyl groups is 1. The SMILES string of the molecule is C=C[Si](C)(C)O[Si](C)(C)Cc1ccc(O)c(OC)c1. The second kappa shape index (κ2) is 5.94. The van der Waals surface area contributed by atoms with Crippen molar-refractivity contribution in [2.45, 2.75) is 32.2 Å². The third kappa shape index (κ3) is 4.85. The number of rotatable bonds is 6. The molecule has 0 aromatic heterocycles. The zero-order valence-electron chi connectivity index (χ0n) is 12.5. The van der Waals surface area contributed by atoms with E-state index in [1.807, 2.05) is 17.8 Å². The van der Waals surface area contributed by atoms with Crippen molar-refractivity contribution in [1.82, 2.24) is 0 Å². The molecule has 0 aliphatic rings. The van der Waals surface area contributed by atoms with Crippen LogP contribution in [0.1, 0.15) is 5.56 Å². The largest absolute Gasteiger partial charge is 0.504 e. The van der Waals surface area contributed by atoms with Gasteiger partial charge in [0, 0.05) is 0 Å². The van der Waals surface area contributed by atoms with Crippen molar-refractivity contribution in [3.05, 3.63) is 36.0 Å². The third-order valence-electron chi connectivity index (χ3n) is 2.90. The van der Waals surface area contributed by atoms with Crippen molar-refractivity contribution in [1.29, 1.82) is 0 Å². The smallest absolute Gasteiger partial charge is 0.198 e.